The van der Waals surface area contributed by atoms with Crippen LogP contribution in [-0.4, -0.2) is 46.2 Å². The zero-order chi connectivity index (χ0) is 21.3. The highest BCUT2D eigenvalue weighted by Gasteiger charge is 2.54. The standard InChI is InChI=1S/C23H25FN2O4/c1-16-13-23(10-11-25(16)22(29)30-15-17-6-3-2-4-7-17)14-20(27)21(28)26(23)19-9-5-8-18(24)12-19/h2-9,12,16,20,27H,10-11,13-15H2,1H3/t16-,20?,23+/m0/s1. The zero-order valence-electron chi connectivity index (χ0n) is 16.8. The summed E-state index contributed by atoms with van der Waals surface area (Å²) in [4.78, 5) is 28.5. The average Bonchev–Trinajstić information content (AvgIpc) is 2.96. The van der Waals surface area contributed by atoms with Crippen LogP contribution in [0.2, 0.25) is 0 Å². The largest absolute Gasteiger partial charge is 0.445 e. The molecule has 2 amide bonds. The van der Waals surface area contributed by atoms with Crippen LogP contribution in [0.5, 0.6) is 0 Å². The number of carbonyl (C=O) groups excluding carboxylic acids is 2. The lowest BCUT2D eigenvalue weighted by Crippen LogP contribution is -2.57. The summed E-state index contributed by atoms with van der Waals surface area (Å²) in [5, 5.41) is 10.3. The molecule has 2 saturated heterocycles. The molecule has 2 aromatic rings. The van der Waals surface area contributed by atoms with Crippen molar-refractivity contribution in [2.75, 3.05) is 11.4 Å². The Hall–Kier alpha value is -2.93. The van der Waals surface area contributed by atoms with E-state index in [1.165, 1.54) is 17.0 Å². The highest BCUT2D eigenvalue weighted by Crippen LogP contribution is 2.44. The minimum absolute atomic E-state index is 0.195. The van der Waals surface area contributed by atoms with E-state index in [1.54, 1.807) is 17.0 Å². The van der Waals surface area contributed by atoms with Gasteiger partial charge in [-0.1, -0.05) is 36.4 Å². The number of hydrogen-bond donors (Lipinski definition) is 1. The number of likely N-dealkylation sites (tertiary alicyclic amines) is 1. The third-order valence-electron chi connectivity index (χ3n) is 6.08. The van der Waals surface area contributed by atoms with Gasteiger partial charge in [0.15, 0.2) is 0 Å². The lowest BCUT2D eigenvalue weighted by molar-refractivity contribution is -0.124. The molecule has 2 aromatic carbocycles. The Kier molecular flexibility index (Phi) is 5.47. The van der Waals surface area contributed by atoms with E-state index in [9.17, 15) is 19.1 Å². The molecular weight excluding hydrogens is 387 g/mol. The number of rotatable bonds is 3. The van der Waals surface area contributed by atoms with Crippen LogP contribution in [0.1, 0.15) is 31.7 Å². The molecule has 2 aliphatic rings. The van der Waals surface area contributed by atoms with E-state index in [0.717, 1.165) is 5.56 Å². The van der Waals surface area contributed by atoms with Crippen molar-refractivity contribution in [2.24, 2.45) is 0 Å². The molecule has 2 aliphatic heterocycles. The van der Waals surface area contributed by atoms with Crippen LogP contribution in [-0.2, 0) is 16.1 Å². The number of anilines is 1. The summed E-state index contributed by atoms with van der Waals surface area (Å²) in [6, 6.07) is 15.1. The fraction of sp³-hybridized carbons (Fsp3) is 0.391. The van der Waals surface area contributed by atoms with Crippen molar-refractivity contribution in [3.05, 3.63) is 66.0 Å². The van der Waals surface area contributed by atoms with Gasteiger partial charge in [-0.3, -0.25) is 4.79 Å². The zero-order valence-corrected chi connectivity index (χ0v) is 16.8. The Balaban J connectivity index is 1.49. The lowest BCUT2D eigenvalue weighted by atomic mass is 9.81. The molecule has 1 spiro atoms. The van der Waals surface area contributed by atoms with E-state index in [1.807, 2.05) is 37.3 Å². The molecule has 30 heavy (non-hydrogen) atoms. The molecule has 2 heterocycles. The monoisotopic (exact) mass is 412 g/mol. The van der Waals surface area contributed by atoms with Gasteiger partial charge < -0.3 is 19.6 Å². The van der Waals surface area contributed by atoms with Gasteiger partial charge in [-0.2, -0.15) is 0 Å². The number of halogens is 1. The summed E-state index contributed by atoms with van der Waals surface area (Å²) in [6.45, 7) is 2.49. The molecule has 0 aliphatic carbocycles. The predicted octanol–water partition coefficient (Wildman–Crippen LogP) is 3.48. The van der Waals surface area contributed by atoms with Crippen LogP contribution in [0.15, 0.2) is 54.6 Å². The van der Waals surface area contributed by atoms with Gasteiger partial charge in [0, 0.05) is 24.7 Å². The van der Waals surface area contributed by atoms with E-state index >= 15 is 0 Å². The van der Waals surface area contributed by atoms with Crippen LogP contribution in [0.3, 0.4) is 0 Å². The second-order valence-corrected chi connectivity index (χ2v) is 8.13. The van der Waals surface area contributed by atoms with Gasteiger partial charge in [-0.25, -0.2) is 9.18 Å². The highest BCUT2D eigenvalue weighted by molar-refractivity contribution is 6.00. The number of ether oxygens (including phenoxy) is 1. The molecule has 0 bridgehead atoms. The van der Waals surface area contributed by atoms with Gasteiger partial charge in [0.1, 0.15) is 18.5 Å². The van der Waals surface area contributed by atoms with Crippen molar-refractivity contribution in [3.8, 4) is 0 Å². The van der Waals surface area contributed by atoms with Crippen LogP contribution >= 0.6 is 0 Å². The molecule has 4 rings (SSSR count). The van der Waals surface area contributed by atoms with E-state index in [2.05, 4.69) is 0 Å². The number of nitrogens with zero attached hydrogens (tertiary/aromatic N) is 2. The van der Waals surface area contributed by atoms with Crippen molar-refractivity contribution in [2.45, 2.75) is 50.5 Å². The minimum atomic E-state index is -1.13. The Labute approximate surface area is 174 Å². The fourth-order valence-electron chi connectivity index (χ4n) is 4.71. The number of carbonyl (C=O) groups is 2. The summed E-state index contributed by atoms with van der Waals surface area (Å²) >= 11 is 0. The van der Waals surface area contributed by atoms with Gasteiger partial charge in [0.05, 0.1) is 5.54 Å². The molecule has 1 N–H and O–H groups in total. The van der Waals surface area contributed by atoms with Gasteiger partial charge >= 0.3 is 6.09 Å². The Morgan fingerprint density at radius 2 is 1.97 bits per heavy atom. The lowest BCUT2D eigenvalue weighted by Gasteiger charge is -2.47. The maximum atomic E-state index is 13.8. The summed E-state index contributed by atoms with van der Waals surface area (Å²) < 4.78 is 19.3. The second-order valence-electron chi connectivity index (χ2n) is 8.13. The normalized spacial score (nSPS) is 26.3. The van der Waals surface area contributed by atoms with Crippen LogP contribution < -0.4 is 4.90 Å². The Morgan fingerprint density at radius 1 is 1.20 bits per heavy atom. The SMILES string of the molecule is C[C@H]1C[C@]2(CCN1C(=O)OCc1ccccc1)CC(O)C(=O)N2c1cccc(F)c1. The van der Waals surface area contributed by atoms with E-state index in [-0.39, 0.29) is 19.1 Å². The first-order valence-electron chi connectivity index (χ1n) is 10.1. The van der Waals surface area contributed by atoms with E-state index in [0.29, 0.717) is 25.1 Å². The third-order valence-corrected chi connectivity index (χ3v) is 6.08. The van der Waals surface area contributed by atoms with Crippen molar-refractivity contribution in [1.82, 2.24) is 4.90 Å². The van der Waals surface area contributed by atoms with Crippen LogP contribution in [0, 0.1) is 5.82 Å². The van der Waals surface area contributed by atoms with Gasteiger partial charge in [-0.05, 0) is 43.5 Å². The topological polar surface area (TPSA) is 70.1 Å². The molecule has 2 fully saturated rings. The molecule has 7 heteroatoms. The number of amides is 2. The first-order chi connectivity index (χ1) is 14.4. The number of aliphatic hydroxyl groups is 1. The van der Waals surface area contributed by atoms with E-state index in [4.69, 9.17) is 4.74 Å². The molecule has 0 aromatic heterocycles. The summed E-state index contributed by atoms with van der Waals surface area (Å²) in [5.74, 6) is -0.861. The number of piperidine rings is 1. The smallest absolute Gasteiger partial charge is 0.410 e. The first kappa shape index (κ1) is 20.3. The fourth-order valence-corrected chi connectivity index (χ4v) is 4.71. The maximum Gasteiger partial charge on any atom is 0.410 e. The van der Waals surface area contributed by atoms with Gasteiger partial charge in [0.2, 0.25) is 0 Å². The van der Waals surface area contributed by atoms with Crippen molar-refractivity contribution in [3.63, 3.8) is 0 Å². The number of aliphatic hydroxyl groups excluding tert-OH is 1. The Morgan fingerprint density at radius 3 is 2.67 bits per heavy atom. The predicted molar refractivity (Wildman–Crippen MR) is 109 cm³/mol. The maximum absolute atomic E-state index is 13.8. The number of benzene rings is 2. The Bertz CT molecular complexity index is 938. The third kappa shape index (κ3) is 3.77. The minimum Gasteiger partial charge on any atom is -0.445 e. The molecule has 0 radical (unpaired) electrons. The highest BCUT2D eigenvalue weighted by atomic mass is 19.1. The quantitative estimate of drug-likeness (QED) is 0.838. The molecule has 6 nitrogen and oxygen atoms in total. The van der Waals surface area contributed by atoms with Crippen LogP contribution in [0.4, 0.5) is 14.9 Å². The summed E-state index contributed by atoms with van der Waals surface area (Å²) in [6.07, 6.45) is -0.302. The first-order valence-corrected chi connectivity index (χ1v) is 10.1. The molecule has 0 saturated carbocycles. The molecule has 1 unspecified atom stereocenters. The van der Waals surface area contributed by atoms with Crippen LogP contribution in [0.25, 0.3) is 0 Å². The summed E-state index contributed by atoms with van der Waals surface area (Å²) in [5.41, 5.74) is 0.692. The molecular formula is C23H25FN2O4. The van der Waals surface area contributed by atoms with Crippen molar-refractivity contribution in [1.29, 1.82) is 0 Å². The van der Waals surface area contributed by atoms with Crippen molar-refractivity contribution < 1.29 is 23.8 Å². The van der Waals surface area contributed by atoms with Crippen molar-refractivity contribution >= 4 is 17.7 Å². The average molecular weight is 412 g/mol. The van der Waals surface area contributed by atoms with E-state index < -0.39 is 29.5 Å². The molecule has 158 valence electrons. The second kappa shape index (κ2) is 8.07. The molecule has 3 atom stereocenters. The summed E-state index contributed by atoms with van der Waals surface area (Å²) in [7, 11) is 0. The van der Waals surface area contributed by atoms with Gasteiger partial charge in [-0.15, -0.1) is 0 Å². The van der Waals surface area contributed by atoms with Gasteiger partial charge in [0.25, 0.3) is 5.91 Å². The number of hydrogen-bond acceptors (Lipinski definition) is 4.